The Kier molecular flexibility index (Phi) is 1.23. The van der Waals surface area contributed by atoms with E-state index in [1.54, 1.807) is 0 Å². The highest BCUT2D eigenvalue weighted by Gasteiger charge is 2.22. The molecule has 112 valence electrons. The van der Waals surface area contributed by atoms with E-state index in [1.807, 2.05) is 0 Å². The maximum Gasteiger partial charge on any atom is 0.407 e. The summed E-state index contributed by atoms with van der Waals surface area (Å²) in [6, 6.07) is -4.97. The topological polar surface area (TPSA) is 57.4 Å². The van der Waals surface area contributed by atoms with Crippen LogP contribution in [-0.4, -0.2) is 49.1 Å². The summed E-state index contributed by atoms with van der Waals surface area (Å²) >= 11 is 0. The molecule has 1 fully saturated rings. The summed E-state index contributed by atoms with van der Waals surface area (Å²) in [6.45, 7) is -9.93. The average molecular weight is 303 g/mol. The van der Waals surface area contributed by atoms with Crippen molar-refractivity contribution in [2.45, 2.75) is 18.8 Å². The zero-order valence-electron chi connectivity index (χ0n) is 26.6. The Balaban J connectivity index is 2.27. The second-order valence-corrected chi connectivity index (χ2v) is 4.24. The number of rotatable bonds is 5. The highest BCUT2D eigenvalue weighted by molar-refractivity contribution is 5.84. The van der Waals surface area contributed by atoms with E-state index in [0.717, 1.165) is 0 Å². The van der Waals surface area contributed by atoms with Gasteiger partial charge in [-0.15, -0.1) is 0 Å². The van der Waals surface area contributed by atoms with Crippen molar-refractivity contribution in [3.05, 3.63) is 35.4 Å². The number of nitrogens with one attached hydrogen (secondary N) is 2. The third-order valence-electron chi connectivity index (χ3n) is 2.76. The summed E-state index contributed by atoms with van der Waals surface area (Å²) in [5.41, 5.74) is -1.68. The van der Waals surface area contributed by atoms with Gasteiger partial charge in [0.1, 0.15) is 6.56 Å². The Morgan fingerprint density at radius 2 is 2.57 bits per heavy atom. The standard InChI is InChI=1S/C16H21N3O2/c1-19(2)6-5-12-9-17-15-4-3-11(8-14(12)15)7-13-10-21-16(20)18-13/h3-4,8-9,13,17H,5-7,10H2,1-2H3,(H,18,20)/t13-/m0/s1/i1D3,2D3,3D,4D,7D2,8D,9D,10D2/hD2. The van der Waals surface area contributed by atoms with Crippen molar-refractivity contribution in [3.63, 3.8) is 0 Å². The number of carbonyl (C=O) groups is 1. The van der Waals surface area contributed by atoms with Crippen LogP contribution in [0.5, 0.6) is 0 Å². The molecule has 1 aromatic carbocycles. The lowest BCUT2D eigenvalue weighted by molar-refractivity contribution is 0.177. The third-order valence-corrected chi connectivity index (χ3v) is 2.76. The van der Waals surface area contributed by atoms with Crippen LogP contribution in [0.15, 0.2) is 24.3 Å². The van der Waals surface area contributed by atoms with Crippen LogP contribution in [0.25, 0.3) is 10.9 Å². The first kappa shape index (κ1) is 4.49. The van der Waals surface area contributed by atoms with Gasteiger partial charge < -0.3 is 19.9 Å². The summed E-state index contributed by atoms with van der Waals surface area (Å²) < 4.78 is 131. The Morgan fingerprint density at radius 3 is 3.33 bits per heavy atom. The fourth-order valence-electron chi connectivity index (χ4n) is 1.82. The molecule has 1 aromatic heterocycles. The van der Waals surface area contributed by atoms with Crippen molar-refractivity contribution in [3.8, 4) is 0 Å². The monoisotopic (exact) mass is 303 g/mol. The Morgan fingerprint density at radius 1 is 1.67 bits per heavy atom. The van der Waals surface area contributed by atoms with Gasteiger partial charge in [0.2, 0.25) is 0 Å². The van der Waals surface area contributed by atoms with E-state index < -0.39 is 92.8 Å². The third kappa shape index (κ3) is 3.19. The number of amides is 1. The molecule has 0 saturated carbocycles. The van der Waals surface area contributed by atoms with Gasteiger partial charge in [-0.2, -0.15) is 0 Å². The molecule has 5 nitrogen and oxygen atoms in total. The zero-order chi connectivity index (χ0) is 28.6. The smallest absolute Gasteiger partial charge is 0.407 e. The number of H-pyrrole nitrogens is 1. The maximum absolute atomic E-state index is 11.8. The van der Waals surface area contributed by atoms with E-state index in [9.17, 15) is 4.79 Å². The number of ether oxygens (including phenoxy) is 1. The van der Waals surface area contributed by atoms with Gasteiger partial charge in [0, 0.05) is 34.6 Å². The minimum atomic E-state index is -3.16. The Bertz CT molecular complexity index is 1240. The lowest BCUT2D eigenvalue weighted by Gasteiger charge is -2.09. The second kappa shape index (κ2) is 5.77. The lowest BCUT2D eigenvalue weighted by atomic mass is 10.0. The van der Waals surface area contributed by atoms with Gasteiger partial charge in [-0.05, 0) is 50.0 Å². The summed E-state index contributed by atoms with van der Waals surface area (Å²) in [5.74, 6) is 0. The minimum Gasteiger partial charge on any atom is -0.447 e. The molecular weight excluding hydrogens is 266 g/mol. The van der Waals surface area contributed by atoms with Crippen LogP contribution in [0.4, 0.5) is 4.79 Å². The van der Waals surface area contributed by atoms with E-state index in [-0.39, 0.29) is 15.8 Å². The van der Waals surface area contributed by atoms with Gasteiger partial charge in [-0.3, -0.25) is 0 Å². The van der Waals surface area contributed by atoms with Crippen LogP contribution in [-0.2, 0) is 17.5 Å². The Labute approximate surface area is 146 Å². The van der Waals surface area contributed by atoms with Gasteiger partial charge in [-0.1, -0.05) is 6.04 Å². The van der Waals surface area contributed by atoms with Gasteiger partial charge in [0.15, 0.2) is 2.82 Å². The van der Waals surface area contributed by atoms with Crippen LogP contribution >= 0.6 is 0 Å². The van der Waals surface area contributed by atoms with E-state index in [0.29, 0.717) is 4.98 Å². The van der Waals surface area contributed by atoms with E-state index in [2.05, 4.69) is 4.74 Å². The SMILES string of the molecule is [2H]c1c(C([2H])([2H])[C@@H]2N([2H])C(=O)OC2([2H])[2H])c([2H])c2c(CCN(C([2H])([2H])[2H])C([2H])([2H])[2H])c([2H])n([2H])c2c1[2H]. The molecule has 1 saturated heterocycles. The quantitative estimate of drug-likeness (QED) is 0.887. The molecule has 1 amide bonds. The van der Waals surface area contributed by atoms with Crippen molar-refractivity contribution in [1.82, 2.24) is 15.2 Å². The van der Waals surface area contributed by atoms with Crippen molar-refractivity contribution in [2.75, 3.05) is 27.1 Å². The number of nitrogens with zero attached hydrogens (tertiary/aromatic N) is 1. The molecule has 0 aliphatic carbocycles. The van der Waals surface area contributed by atoms with Gasteiger partial charge >= 0.3 is 6.09 Å². The number of hydrogen-bond donors (Lipinski definition) is 2. The number of aromatic amines is 1. The molecule has 2 heterocycles. The number of carbonyl (C=O) groups excluding carboxylic acids is 1. The molecule has 1 aliphatic rings. The van der Waals surface area contributed by atoms with E-state index in [4.69, 9.17) is 22.0 Å². The molecule has 0 radical (unpaired) electrons. The van der Waals surface area contributed by atoms with Gasteiger partial charge in [0.05, 0.1) is 14.3 Å². The summed E-state index contributed by atoms with van der Waals surface area (Å²) in [6.07, 6.45) is -5.88. The lowest BCUT2D eigenvalue weighted by Crippen LogP contribution is -2.28. The molecule has 0 unspecified atom stereocenters. The van der Waals surface area contributed by atoms with Gasteiger partial charge in [0.25, 0.3) is 0 Å². The van der Waals surface area contributed by atoms with Crippen LogP contribution in [0, 0.1) is 0 Å². The molecule has 0 spiro atoms. The number of cyclic esters (lactones) is 1. The van der Waals surface area contributed by atoms with Crippen molar-refractivity contribution in [2.24, 2.45) is 0 Å². The molecule has 1 atom stereocenters. The number of alkyl carbamates (subject to hydrolysis) is 1. The highest BCUT2D eigenvalue weighted by atomic mass is 16.6. The van der Waals surface area contributed by atoms with Crippen LogP contribution in [0.3, 0.4) is 0 Å². The van der Waals surface area contributed by atoms with Crippen LogP contribution in [0.1, 0.15) is 30.3 Å². The average Bonchev–Trinajstić information content (AvgIpc) is 3.07. The van der Waals surface area contributed by atoms with Crippen LogP contribution in [0.2, 0.25) is 2.82 Å². The molecule has 0 bridgehead atoms. The first-order valence-electron chi connectivity index (χ1n) is 13.9. The van der Waals surface area contributed by atoms with Crippen molar-refractivity contribution < 1.29 is 31.5 Å². The minimum absolute atomic E-state index is 0.121. The van der Waals surface area contributed by atoms with Crippen molar-refractivity contribution >= 4 is 17.0 Å². The van der Waals surface area contributed by atoms with Crippen molar-refractivity contribution in [1.29, 1.82) is 0 Å². The number of fused-ring (bicyclic) bond motifs is 1. The van der Waals surface area contributed by atoms with E-state index in [1.165, 1.54) is 0 Å². The predicted octanol–water partition coefficient (Wildman–Crippen LogP) is 1.92. The predicted molar refractivity (Wildman–Crippen MR) is 82.5 cm³/mol. The number of likely N-dealkylation sites (N-methyl/N-ethyl adjacent to an activating group) is 1. The first-order chi connectivity index (χ1) is 16.6. The molecular formula is C16H21N3O2. The largest absolute Gasteiger partial charge is 0.447 e. The summed E-state index contributed by atoms with van der Waals surface area (Å²) in [4.78, 5) is 12.3. The number of aromatic nitrogens is 1. The van der Waals surface area contributed by atoms with Crippen LogP contribution < -0.4 is 5.31 Å². The summed E-state index contributed by atoms with van der Waals surface area (Å²) in [7, 11) is 0. The first-order valence-corrected chi connectivity index (χ1v) is 5.99. The molecule has 3 rings (SSSR count). The number of benzene rings is 1. The molecule has 5 heteroatoms. The number of hydrogen-bond acceptors (Lipinski definition) is 3. The van der Waals surface area contributed by atoms with E-state index >= 15 is 0 Å². The fourth-order valence-corrected chi connectivity index (χ4v) is 1.82. The second-order valence-electron chi connectivity index (χ2n) is 4.24. The van der Waals surface area contributed by atoms with Gasteiger partial charge in [-0.25, -0.2) is 4.79 Å². The zero-order valence-corrected chi connectivity index (χ0v) is 10.6. The molecule has 2 aromatic rings. The summed E-state index contributed by atoms with van der Waals surface area (Å²) in [5, 5.41) is -0.540. The Hall–Kier alpha value is -2.01. The molecule has 2 N–H and O–H groups in total. The maximum atomic E-state index is 11.8. The molecule has 1 aliphatic heterocycles. The highest BCUT2D eigenvalue weighted by Crippen LogP contribution is 2.21. The fraction of sp³-hybridized carbons (Fsp3) is 0.438. The normalized spacial score (nSPS) is 34.0. The molecule has 21 heavy (non-hydrogen) atoms.